The molecule has 0 bridgehead atoms. The van der Waals surface area contributed by atoms with Gasteiger partial charge >= 0.3 is 6.09 Å². The van der Waals surface area contributed by atoms with E-state index in [9.17, 15) is 9.90 Å². The number of benzene rings is 3. The van der Waals surface area contributed by atoms with Crippen LogP contribution in [0.5, 0.6) is 17.2 Å². The van der Waals surface area contributed by atoms with Gasteiger partial charge in [0.2, 0.25) is 0 Å². The molecule has 0 saturated heterocycles. The average Bonchev–Trinajstić information content (AvgIpc) is 2.91. The molecule has 0 heterocycles. The first-order chi connectivity index (χ1) is 18.0. The van der Waals surface area contributed by atoms with Crippen LogP contribution < -0.4 is 14.2 Å². The van der Waals surface area contributed by atoms with Gasteiger partial charge in [-0.05, 0) is 92.3 Å². The molecular weight excluding hydrogens is 482 g/mol. The highest BCUT2D eigenvalue weighted by Gasteiger charge is 2.34. The van der Waals surface area contributed by atoms with Gasteiger partial charge in [-0.3, -0.25) is 0 Å². The van der Waals surface area contributed by atoms with Crippen molar-refractivity contribution in [1.29, 1.82) is 0 Å². The normalized spacial score (nSPS) is 11.6. The number of nitrogens with zero attached hydrogens (tertiary/aromatic N) is 1. The van der Waals surface area contributed by atoms with Crippen molar-refractivity contribution >= 4 is 6.09 Å². The Kier molecular flexibility index (Phi) is 9.28. The van der Waals surface area contributed by atoms with Crippen LogP contribution in [0.4, 0.5) is 4.79 Å². The number of aliphatic hydroxyl groups is 1. The molecule has 3 aromatic carbocycles. The molecule has 0 aliphatic rings. The molecular formula is C31H39NO6. The van der Waals surface area contributed by atoms with Crippen molar-refractivity contribution in [1.82, 2.24) is 4.90 Å². The topological polar surface area (TPSA) is 77.5 Å². The van der Waals surface area contributed by atoms with E-state index in [1.54, 1.807) is 33.3 Å². The molecule has 204 valence electrons. The third-order valence-electron chi connectivity index (χ3n) is 6.36. The molecule has 0 saturated carbocycles. The smallest absolute Gasteiger partial charge is 0.410 e. The van der Waals surface area contributed by atoms with Crippen LogP contribution in [0.25, 0.3) is 0 Å². The maximum atomic E-state index is 12.3. The van der Waals surface area contributed by atoms with Crippen molar-refractivity contribution in [3.8, 4) is 17.2 Å². The number of hydrogen-bond donors (Lipinski definition) is 1. The lowest BCUT2D eigenvalue weighted by atomic mass is 9.79. The predicted molar refractivity (Wildman–Crippen MR) is 148 cm³/mol. The predicted octanol–water partition coefficient (Wildman–Crippen LogP) is 5.80. The zero-order valence-corrected chi connectivity index (χ0v) is 23.4. The van der Waals surface area contributed by atoms with Gasteiger partial charge in [-0.2, -0.15) is 0 Å². The molecule has 0 spiro atoms. The van der Waals surface area contributed by atoms with Crippen molar-refractivity contribution in [3.05, 3.63) is 89.0 Å². The second-order valence-corrected chi connectivity index (χ2v) is 10.2. The Morgan fingerprint density at radius 2 is 1.29 bits per heavy atom. The highest BCUT2D eigenvalue weighted by molar-refractivity contribution is 5.67. The number of amides is 1. The van der Waals surface area contributed by atoms with E-state index in [-0.39, 0.29) is 6.09 Å². The van der Waals surface area contributed by atoms with Crippen LogP contribution in [0.15, 0.2) is 66.7 Å². The minimum atomic E-state index is -1.44. The van der Waals surface area contributed by atoms with Crippen LogP contribution in [0.2, 0.25) is 0 Å². The van der Waals surface area contributed by atoms with Crippen molar-refractivity contribution < 1.29 is 28.8 Å². The van der Waals surface area contributed by atoms with Crippen LogP contribution in [0.1, 0.15) is 49.4 Å². The van der Waals surface area contributed by atoms with E-state index < -0.39 is 11.2 Å². The molecule has 7 heteroatoms. The number of aryl methyl sites for hydroxylation is 1. The Balaban J connectivity index is 1.95. The van der Waals surface area contributed by atoms with Crippen LogP contribution in [-0.4, -0.2) is 56.6 Å². The Morgan fingerprint density at radius 3 is 1.74 bits per heavy atom. The fourth-order valence-corrected chi connectivity index (χ4v) is 4.30. The van der Waals surface area contributed by atoms with Gasteiger partial charge < -0.3 is 29.0 Å². The molecule has 0 unspecified atom stereocenters. The summed E-state index contributed by atoms with van der Waals surface area (Å²) >= 11 is 0. The van der Waals surface area contributed by atoms with E-state index in [4.69, 9.17) is 18.9 Å². The van der Waals surface area contributed by atoms with Crippen molar-refractivity contribution in [2.45, 2.75) is 44.8 Å². The summed E-state index contributed by atoms with van der Waals surface area (Å²) in [5.41, 5.74) is 1.05. The number of carbonyl (C=O) groups excluding carboxylic acids is 1. The molecule has 0 aromatic heterocycles. The third-order valence-corrected chi connectivity index (χ3v) is 6.36. The zero-order valence-electron chi connectivity index (χ0n) is 23.4. The van der Waals surface area contributed by atoms with Gasteiger partial charge in [0.15, 0.2) is 0 Å². The van der Waals surface area contributed by atoms with Gasteiger partial charge in [0.1, 0.15) is 28.5 Å². The van der Waals surface area contributed by atoms with Gasteiger partial charge in [0.05, 0.1) is 21.3 Å². The van der Waals surface area contributed by atoms with E-state index in [1.165, 1.54) is 0 Å². The lowest BCUT2D eigenvalue weighted by Gasteiger charge is -2.31. The SMILES string of the molecule is COc1ccc(C(O)(c2ccc(OC)cc2)c2ccc(OC)c(CCCN(C)C(=O)OC(C)(C)C)c2)cc1. The van der Waals surface area contributed by atoms with Crippen LogP contribution in [0.3, 0.4) is 0 Å². The Morgan fingerprint density at radius 1 is 0.789 bits per heavy atom. The molecule has 1 amide bonds. The number of hydrogen-bond acceptors (Lipinski definition) is 6. The largest absolute Gasteiger partial charge is 0.497 e. The fraction of sp³-hybridized carbons (Fsp3) is 0.387. The minimum Gasteiger partial charge on any atom is -0.497 e. The Bertz CT molecular complexity index is 1150. The number of ether oxygens (including phenoxy) is 4. The standard InChI is InChI=1S/C31H39NO6/c1-30(2,3)38-29(33)32(4)20-8-9-22-21-25(14-19-28(22)37-7)31(34,23-10-15-26(35-5)16-11-23)24-12-17-27(36-6)18-13-24/h10-19,21,34H,8-9,20H2,1-7H3. The van der Waals surface area contributed by atoms with Gasteiger partial charge in [-0.1, -0.05) is 30.3 Å². The maximum absolute atomic E-state index is 12.3. The Hall–Kier alpha value is -3.71. The number of carbonyl (C=O) groups is 1. The van der Waals surface area contributed by atoms with Crippen molar-refractivity contribution in [3.63, 3.8) is 0 Å². The number of methoxy groups -OCH3 is 3. The lowest BCUT2D eigenvalue weighted by Crippen LogP contribution is -2.34. The van der Waals surface area contributed by atoms with Crippen LogP contribution >= 0.6 is 0 Å². The van der Waals surface area contributed by atoms with E-state index in [0.717, 1.165) is 11.3 Å². The third kappa shape index (κ3) is 6.78. The second-order valence-electron chi connectivity index (χ2n) is 10.2. The lowest BCUT2D eigenvalue weighted by molar-refractivity contribution is 0.0297. The molecule has 7 nitrogen and oxygen atoms in total. The van der Waals surface area contributed by atoms with Gasteiger partial charge in [0, 0.05) is 13.6 Å². The van der Waals surface area contributed by atoms with Crippen molar-refractivity contribution in [2.24, 2.45) is 0 Å². The molecule has 0 fully saturated rings. The quantitative estimate of drug-likeness (QED) is 0.340. The highest BCUT2D eigenvalue weighted by Crippen LogP contribution is 2.39. The van der Waals surface area contributed by atoms with Gasteiger partial charge in [-0.15, -0.1) is 0 Å². The summed E-state index contributed by atoms with van der Waals surface area (Å²) in [5, 5.41) is 12.3. The molecule has 3 aromatic rings. The molecule has 0 aliphatic heterocycles. The Labute approximate surface area is 225 Å². The fourth-order valence-electron chi connectivity index (χ4n) is 4.30. The summed E-state index contributed by atoms with van der Waals surface area (Å²) in [6.07, 6.45) is 0.983. The van der Waals surface area contributed by atoms with Gasteiger partial charge in [0.25, 0.3) is 0 Å². The summed E-state index contributed by atoms with van der Waals surface area (Å²) in [5.74, 6) is 2.13. The monoisotopic (exact) mass is 521 g/mol. The second kappa shape index (κ2) is 12.2. The van der Waals surface area contributed by atoms with Crippen LogP contribution in [-0.2, 0) is 16.8 Å². The molecule has 3 rings (SSSR count). The van der Waals surface area contributed by atoms with E-state index in [1.807, 2.05) is 87.5 Å². The molecule has 38 heavy (non-hydrogen) atoms. The first kappa shape index (κ1) is 28.9. The summed E-state index contributed by atoms with van der Waals surface area (Å²) in [4.78, 5) is 13.9. The number of rotatable bonds is 10. The average molecular weight is 522 g/mol. The van der Waals surface area contributed by atoms with E-state index in [0.29, 0.717) is 47.6 Å². The first-order valence-corrected chi connectivity index (χ1v) is 12.6. The summed E-state index contributed by atoms with van der Waals surface area (Å²) in [7, 11) is 6.58. The summed E-state index contributed by atoms with van der Waals surface area (Å²) in [6.45, 7) is 6.06. The van der Waals surface area contributed by atoms with Crippen LogP contribution in [0, 0.1) is 0 Å². The van der Waals surface area contributed by atoms with E-state index >= 15 is 0 Å². The summed E-state index contributed by atoms with van der Waals surface area (Å²) in [6, 6.07) is 20.5. The molecule has 0 aliphatic carbocycles. The first-order valence-electron chi connectivity index (χ1n) is 12.6. The molecule has 1 N–H and O–H groups in total. The van der Waals surface area contributed by atoms with Crippen molar-refractivity contribution in [2.75, 3.05) is 34.9 Å². The molecule has 0 atom stereocenters. The molecule has 0 radical (unpaired) electrons. The maximum Gasteiger partial charge on any atom is 0.410 e. The summed E-state index contributed by atoms with van der Waals surface area (Å²) < 4.78 is 21.7. The van der Waals surface area contributed by atoms with E-state index in [2.05, 4.69) is 0 Å². The highest BCUT2D eigenvalue weighted by atomic mass is 16.6. The zero-order chi connectivity index (χ0) is 27.9. The van der Waals surface area contributed by atoms with Gasteiger partial charge in [-0.25, -0.2) is 4.79 Å². The minimum absolute atomic E-state index is 0.355.